The molecule has 2 heterocycles. The molecule has 4 rings (SSSR count). The van der Waals surface area contributed by atoms with Crippen molar-refractivity contribution in [3.05, 3.63) is 60.8 Å². The van der Waals surface area contributed by atoms with Gasteiger partial charge in [0.1, 0.15) is 17.4 Å². The summed E-state index contributed by atoms with van der Waals surface area (Å²) in [5.74, 6) is 2.71. The van der Waals surface area contributed by atoms with Crippen molar-refractivity contribution in [3.8, 4) is 16.9 Å². The lowest BCUT2D eigenvalue weighted by atomic mass is 9.99. The second kappa shape index (κ2) is 8.00. The number of unbranched alkanes of at least 4 members (excludes halogenated alkanes) is 1. The number of fused-ring (bicyclic) bond motifs is 1. The number of nitrogen functional groups attached to an aromatic ring is 1. The molecule has 6 heteroatoms. The summed E-state index contributed by atoms with van der Waals surface area (Å²) >= 11 is 0. The highest BCUT2D eigenvalue weighted by Crippen LogP contribution is 2.37. The summed E-state index contributed by atoms with van der Waals surface area (Å²) in [5, 5.41) is 12.2. The van der Waals surface area contributed by atoms with Gasteiger partial charge in [-0.1, -0.05) is 49.7 Å². The van der Waals surface area contributed by atoms with Crippen LogP contribution in [0.1, 0.15) is 19.8 Å². The van der Waals surface area contributed by atoms with E-state index in [2.05, 4.69) is 33.5 Å². The molecule has 2 aromatic heterocycles. The molecule has 6 nitrogen and oxygen atoms in total. The van der Waals surface area contributed by atoms with Crippen LogP contribution in [0.5, 0.6) is 5.75 Å². The fourth-order valence-electron chi connectivity index (χ4n) is 3.18. The van der Waals surface area contributed by atoms with Crippen LogP contribution in [0.3, 0.4) is 0 Å². The molecule has 0 aliphatic carbocycles. The predicted molar refractivity (Wildman–Crippen MR) is 114 cm³/mol. The van der Waals surface area contributed by atoms with Gasteiger partial charge in [-0.2, -0.15) is 5.10 Å². The Morgan fingerprint density at radius 1 is 1.04 bits per heavy atom. The van der Waals surface area contributed by atoms with Crippen LogP contribution < -0.4 is 15.8 Å². The number of H-pyrrole nitrogens is 1. The Kier molecular flexibility index (Phi) is 5.10. The van der Waals surface area contributed by atoms with Crippen LogP contribution in [-0.2, 0) is 0 Å². The zero-order valence-corrected chi connectivity index (χ0v) is 15.8. The van der Waals surface area contributed by atoms with Gasteiger partial charge in [-0.05, 0) is 29.5 Å². The average Bonchev–Trinajstić information content (AvgIpc) is 3.22. The third-order valence-corrected chi connectivity index (χ3v) is 4.60. The molecule has 0 amide bonds. The van der Waals surface area contributed by atoms with E-state index >= 15 is 0 Å². The number of hydrogen-bond donors (Lipinski definition) is 3. The molecule has 4 N–H and O–H groups in total. The average molecular weight is 373 g/mol. The van der Waals surface area contributed by atoms with Crippen molar-refractivity contribution in [1.29, 1.82) is 0 Å². The summed E-state index contributed by atoms with van der Waals surface area (Å²) in [6, 6.07) is 18.0. The summed E-state index contributed by atoms with van der Waals surface area (Å²) in [5.41, 5.74) is 8.30. The fourth-order valence-corrected chi connectivity index (χ4v) is 3.18. The Labute approximate surface area is 163 Å². The summed E-state index contributed by atoms with van der Waals surface area (Å²) in [6.07, 6.45) is 3.92. The highest BCUT2D eigenvalue weighted by Gasteiger charge is 2.14. The number of pyridine rings is 1. The zero-order chi connectivity index (χ0) is 19.3. The number of ether oxygens (including phenoxy) is 1. The van der Waals surface area contributed by atoms with Crippen molar-refractivity contribution >= 4 is 28.2 Å². The lowest BCUT2D eigenvalue weighted by Gasteiger charge is -2.14. The largest absolute Gasteiger partial charge is 0.494 e. The normalized spacial score (nSPS) is 10.9. The second-order valence-corrected chi connectivity index (χ2v) is 6.58. The number of rotatable bonds is 7. The van der Waals surface area contributed by atoms with Crippen LogP contribution >= 0.6 is 0 Å². The number of aromatic amines is 1. The van der Waals surface area contributed by atoms with Crippen LogP contribution in [0.4, 0.5) is 17.5 Å². The van der Waals surface area contributed by atoms with Gasteiger partial charge in [0.15, 0.2) is 5.82 Å². The van der Waals surface area contributed by atoms with Crippen LogP contribution in [0, 0.1) is 0 Å². The Bertz CT molecular complexity index is 1060. The molecule has 0 spiro atoms. The molecule has 0 fully saturated rings. The van der Waals surface area contributed by atoms with Gasteiger partial charge < -0.3 is 15.8 Å². The molecule has 0 atom stereocenters. The van der Waals surface area contributed by atoms with E-state index in [1.54, 1.807) is 6.20 Å². The van der Waals surface area contributed by atoms with Gasteiger partial charge >= 0.3 is 0 Å². The van der Waals surface area contributed by atoms with E-state index in [0.29, 0.717) is 17.5 Å². The maximum atomic E-state index is 6.37. The summed E-state index contributed by atoms with van der Waals surface area (Å²) in [6.45, 7) is 2.88. The minimum Gasteiger partial charge on any atom is -0.494 e. The maximum absolute atomic E-state index is 6.37. The van der Waals surface area contributed by atoms with Gasteiger partial charge in [-0.15, -0.1) is 0 Å². The van der Waals surface area contributed by atoms with Gasteiger partial charge in [-0.25, -0.2) is 4.98 Å². The van der Waals surface area contributed by atoms with Gasteiger partial charge in [0.25, 0.3) is 0 Å². The van der Waals surface area contributed by atoms with Gasteiger partial charge in [0.05, 0.1) is 6.61 Å². The van der Waals surface area contributed by atoms with Crippen molar-refractivity contribution in [2.24, 2.45) is 0 Å². The fraction of sp³-hybridized carbons (Fsp3) is 0.182. The maximum Gasteiger partial charge on any atom is 0.153 e. The number of hydrogen-bond acceptors (Lipinski definition) is 5. The molecule has 0 bridgehead atoms. The Hall–Kier alpha value is -3.54. The van der Waals surface area contributed by atoms with Crippen molar-refractivity contribution in [2.45, 2.75) is 19.8 Å². The molecular weight excluding hydrogens is 350 g/mol. The van der Waals surface area contributed by atoms with E-state index in [4.69, 9.17) is 10.5 Å². The van der Waals surface area contributed by atoms with E-state index in [0.717, 1.165) is 47.1 Å². The number of nitrogens with one attached hydrogen (secondary N) is 2. The van der Waals surface area contributed by atoms with E-state index < -0.39 is 0 Å². The molecule has 0 unspecified atom stereocenters. The van der Waals surface area contributed by atoms with Crippen molar-refractivity contribution in [1.82, 2.24) is 15.2 Å². The third-order valence-electron chi connectivity index (χ3n) is 4.60. The molecule has 0 radical (unpaired) electrons. The van der Waals surface area contributed by atoms with E-state index in [-0.39, 0.29) is 0 Å². The quantitative estimate of drug-likeness (QED) is 0.391. The number of aromatic nitrogens is 3. The second-order valence-electron chi connectivity index (χ2n) is 6.58. The first-order chi connectivity index (χ1) is 13.8. The van der Waals surface area contributed by atoms with Crippen LogP contribution in [0.2, 0.25) is 0 Å². The smallest absolute Gasteiger partial charge is 0.153 e. The van der Waals surface area contributed by atoms with Gasteiger partial charge in [-0.3, -0.25) is 5.10 Å². The molecule has 0 saturated carbocycles. The summed E-state index contributed by atoms with van der Waals surface area (Å²) in [7, 11) is 0. The molecule has 2 aromatic carbocycles. The molecule has 0 saturated heterocycles. The number of nitrogens with two attached hydrogens (primary N) is 1. The van der Waals surface area contributed by atoms with Crippen molar-refractivity contribution < 1.29 is 4.74 Å². The molecule has 4 aromatic rings. The standard InChI is InChI=1S/C22H23N5O/c1-2-3-14-28-16-10-8-15(9-11-16)20-17-6-4-5-7-18(17)22(26-21(20)23)25-19-12-13-24-27-19/h4-13H,2-3,14H2,1H3,(H4,23,24,25,26,27). The predicted octanol–water partition coefficient (Wildman–Crippen LogP) is 5.13. The number of nitrogens with zero attached hydrogens (tertiary/aromatic N) is 2. The Morgan fingerprint density at radius 2 is 1.82 bits per heavy atom. The van der Waals surface area contributed by atoms with Crippen LogP contribution in [-0.4, -0.2) is 21.8 Å². The Balaban J connectivity index is 1.72. The number of anilines is 3. The van der Waals surface area contributed by atoms with Crippen LogP contribution in [0.15, 0.2) is 60.8 Å². The highest BCUT2D eigenvalue weighted by molar-refractivity contribution is 6.06. The van der Waals surface area contributed by atoms with Gasteiger partial charge in [0.2, 0.25) is 0 Å². The van der Waals surface area contributed by atoms with Crippen LogP contribution in [0.25, 0.3) is 21.9 Å². The molecule has 28 heavy (non-hydrogen) atoms. The highest BCUT2D eigenvalue weighted by atomic mass is 16.5. The lowest BCUT2D eigenvalue weighted by Crippen LogP contribution is -2.02. The lowest BCUT2D eigenvalue weighted by molar-refractivity contribution is 0.309. The van der Waals surface area contributed by atoms with Crippen molar-refractivity contribution in [2.75, 3.05) is 17.7 Å². The molecular formula is C22H23N5O. The first-order valence-corrected chi connectivity index (χ1v) is 9.44. The summed E-state index contributed by atoms with van der Waals surface area (Å²) < 4.78 is 5.77. The molecule has 0 aliphatic heterocycles. The Morgan fingerprint density at radius 3 is 2.54 bits per heavy atom. The minimum absolute atomic E-state index is 0.469. The molecule has 142 valence electrons. The summed E-state index contributed by atoms with van der Waals surface area (Å²) in [4.78, 5) is 4.62. The number of benzene rings is 2. The minimum atomic E-state index is 0.469. The zero-order valence-electron chi connectivity index (χ0n) is 15.8. The first-order valence-electron chi connectivity index (χ1n) is 9.44. The SMILES string of the molecule is CCCCOc1ccc(-c2c(N)nc(Nc3cc[nH]n3)c3ccccc23)cc1. The van der Waals surface area contributed by atoms with E-state index in [1.165, 1.54) is 0 Å². The first kappa shape index (κ1) is 17.9. The topological polar surface area (TPSA) is 88.9 Å². The van der Waals surface area contributed by atoms with Gasteiger partial charge in [0, 0.05) is 23.2 Å². The molecule has 0 aliphatic rings. The monoisotopic (exact) mass is 373 g/mol. The van der Waals surface area contributed by atoms with E-state index in [9.17, 15) is 0 Å². The third kappa shape index (κ3) is 3.62. The van der Waals surface area contributed by atoms with E-state index in [1.807, 2.05) is 48.5 Å². The van der Waals surface area contributed by atoms with Crippen molar-refractivity contribution in [3.63, 3.8) is 0 Å².